The Labute approximate surface area is 126 Å². The second-order valence-electron chi connectivity index (χ2n) is 5.06. The molecule has 0 atom stereocenters. The molecule has 1 amide bonds. The summed E-state index contributed by atoms with van der Waals surface area (Å²) in [4.78, 5) is 13.8. The van der Waals surface area contributed by atoms with Crippen molar-refractivity contribution in [1.29, 1.82) is 0 Å². The molecule has 21 heavy (non-hydrogen) atoms. The van der Waals surface area contributed by atoms with Crippen molar-refractivity contribution in [2.24, 2.45) is 0 Å². The van der Waals surface area contributed by atoms with Crippen LogP contribution in [-0.4, -0.2) is 57.3 Å². The Morgan fingerprint density at radius 1 is 1.29 bits per heavy atom. The quantitative estimate of drug-likeness (QED) is 0.764. The first-order valence-corrected chi connectivity index (χ1v) is 7.49. The van der Waals surface area contributed by atoms with E-state index in [2.05, 4.69) is 11.4 Å². The number of morpholine rings is 1. The molecule has 0 unspecified atom stereocenters. The molecule has 0 saturated carbocycles. The normalized spacial score (nSPS) is 15.0. The van der Waals surface area contributed by atoms with Gasteiger partial charge in [-0.3, -0.25) is 4.79 Å². The third-order valence-corrected chi connectivity index (χ3v) is 3.64. The number of benzene rings is 1. The van der Waals surface area contributed by atoms with Crippen LogP contribution in [0.4, 0.5) is 0 Å². The Kier molecular flexibility index (Phi) is 6.50. The van der Waals surface area contributed by atoms with Gasteiger partial charge in [0.2, 0.25) is 5.91 Å². The Morgan fingerprint density at radius 2 is 2.05 bits per heavy atom. The molecule has 0 bridgehead atoms. The standard InChI is InChI=1S/C16H24N2O3/c1-20-15-5-3-2-4-14(15)6-8-17-9-7-16(19)18-10-12-21-13-11-18/h2-5,17H,6-13H2,1H3. The van der Waals surface area contributed by atoms with Gasteiger partial charge < -0.3 is 19.7 Å². The number of hydrogen-bond donors (Lipinski definition) is 1. The van der Waals surface area contributed by atoms with Crippen molar-refractivity contribution >= 4 is 5.91 Å². The summed E-state index contributed by atoms with van der Waals surface area (Å²) >= 11 is 0. The van der Waals surface area contributed by atoms with Gasteiger partial charge in [0.15, 0.2) is 0 Å². The molecule has 1 heterocycles. The van der Waals surface area contributed by atoms with Crippen LogP contribution in [0.5, 0.6) is 5.75 Å². The average Bonchev–Trinajstić information content (AvgIpc) is 2.55. The minimum Gasteiger partial charge on any atom is -0.496 e. The number of methoxy groups -OCH3 is 1. The molecule has 0 aliphatic carbocycles. The fourth-order valence-corrected chi connectivity index (χ4v) is 2.42. The Balaban J connectivity index is 1.62. The van der Waals surface area contributed by atoms with Crippen LogP contribution >= 0.6 is 0 Å². The maximum absolute atomic E-state index is 11.9. The van der Waals surface area contributed by atoms with E-state index in [0.717, 1.165) is 31.8 Å². The van der Waals surface area contributed by atoms with Gasteiger partial charge in [-0.25, -0.2) is 0 Å². The molecule has 5 heteroatoms. The minimum atomic E-state index is 0.211. The van der Waals surface area contributed by atoms with E-state index in [-0.39, 0.29) is 5.91 Å². The zero-order valence-corrected chi connectivity index (χ0v) is 12.6. The number of ether oxygens (including phenoxy) is 2. The summed E-state index contributed by atoms with van der Waals surface area (Å²) in [7, 11) is 1.69. The Morgan fingerprint density at radius 3 is 2.81 bits per heavy atom. The van der Waals surface area contributed by atoms with E-state index < -0.39 is 0 Å². The molecule has 0 radical (unpaired) electrons. The van der Waals surface area contributed by atoms with Crippen LogP contribution in [0, 0.1) is 0 Å². The van der Waals surface area contributed by atoms with Crippen molar-refractivity contribution in [3.05, 3.63) is 29.8 Å². The molecular formula is C16H24N2O3. The molecule has 116 valence electrons. The van der Waals surface area contributed by atoms with Gasteiger partial charge in [0, 0.05) is 26.1 Å². The Hall–Kier alpha value is -1.59. The number of nitrogens with one attached hydrogen (secondary N) is 1. The van der Waals surface area contributed by atoms with Gasteiger partial charge in [-0.05, 0) is 24.6 Å². The number of carbonyl (C=O) groups excluding carboxylic acids is 1. The van der Waals surface area contributed by atoms with Crippen molar-refractivity contribution in [2.75, 3.05) is 46.5 Å². The largest absolute Gasteiger partial charge is 0.496 e. The number of carbonyl (C=O) groups is 1. The molecule has 5 nitrogen and oxygen atoms in total. The maximum Gasteiger partial charge on any atom is 0.224 e. The molecule has 1 aromatic rings. The molecule has 0 spiro atoms. The van der Waals surface area contributed by atoms with Crippen molar-refractivity contribution in [3.8, 4) is 5.75 Å². The van der Waals surface area contributed by atoms with Crippen LogP contribution < -0.4 is 10.1 Å². The summed E-state index contributed by atoms with van der Waals surface area (Å²) in [6, 6.07) is 8.02. The predicted molar refractivity (Wildman–Crippen MR) is 81.6 cm³/mol. The van der Waals surface area contributed by atoms with Crippen LogP contribution in [0.1, 0.15) is 12.0 Å². The molecule has 1 aromatic carbocycles. The van der Waals surface area contributed by atoms with Crippen LogP contribution in [-0.2, 0) is 16.0 Å². The highest BCUT2D eigenvalue weighted by atomic mass is 16.5. The highest BCUT2D eigenvalue weighted by Gasteiger charge is 2.15. The lowest BCUT2D eigenvalue weighted by Crippen LogP contribution is -2.41. The first-order chi connectivity index (χ1) is 10.3. The summed E-state index contributed by atoms with van der Waals surface area (Å²) in [5.41, 5.74) is 1.19. The minimum absolute atomic E-state index is 0.211. The lowest BCUT2D eigenvalue weighted by atomic mass is 10.1. The van der Waals surface area contributed by atoms with Gasteiger partial charge in [0.25, 0.3) is 0 Å². The van der Waals surface area contributed by atoms with Crippen molar-refractivity contribution in [2.45, 2.75) is 12.8 Å². The first kappa shape index (κ1) is 15.8. The average molecular weight is 292 g/mol. The fourth-order valence-electron chi connectivity index (χ4n) is 2.42. The van der Waals surface area contributed by atoms with E-state index in [0.29, 0.717) is 26.2 Å². The SMILES string of the molecule is COc1ccccc1CCNCCC(=O)N1CCOCC1. The number of nitrogens with zero attached hydrogens (tertiary/aromatic N) is 1. The second-order valence-corrected chi connectivity index (χ2v) is 5.06. The molecule has 1 aliphatic heterocycles. The molecular weight excluding hydrogens is 268 g/mol. The van der Waals surface area contributed by atoms with E-state index in [1.54, 1.807) is 7.11 Å². The van der Waals surface area contributed by atoms with Gasteiger partial charge in [0.05, 0.1) is 20.3 Å². The van der Waals surface area contributed by atoms with E-state index in [1.807, 2.05) is 23.1 Å². The highest BCUT2D eigenvalue weighted by molar-refractivity contribution is 5.76. The maximum atomic E-state index is 11.9. The molecule has 1 aliphatic rings. The van der Waals surface area contributed by atoms with Gasteiger partial charge in [-0.15, -0.1) is 0 Å². The molecule has 2 rings (SSSR count). The van der Waals surface area contributed by atoms with Crippen molar-refractivity contribution in [3.63, 3.8) is 0 Å². The fraction of sp³-hybridized carbons (Fsp3) is 0.562. The first-order valence-electron chi connectivity index (χ1n) is 7.49. The topological polar surface area (TPSA) is 50.8 Å². The smallest absolute Gasteiger partial charge is 0.224 e. The summed E-state index contributed by atoms with van der Waals surface area (Å²) in [5.74, 6) is 1.13. The third-order valence-electron chi connectivity index (χ3n) is 3.64. The lowest BCUT2D eigenvalue weighted by molar-refractivity contribution is -0.135. The van der Waals surface area contributed by atoms with Crippen LogP contribution in [0.3, 0.4) is 0 Å². The van der Waals surface area contributed by atoms with Gasteiger partial charge in [-0.2, -0.15) is 0 Å². The predicted octanol–water partition coefficient (Wildman–Crippen LogP) is 1.08. The van der Waals surface area contributed by atoms with Gasteiger partial charge in [0.1, 0.15) is 5.75 Å². The lowest BCUT2D eigenvalue weighted by Gasteiger charge is -2.26. The van der Waals surface area contributed by atoms with E-state index in [1.165, 1.54) is 5.56 Å². The number of para-hydroxylation sites is 1. The number of rotatable bonds is 7. The number of hydrogen-bond acceptors (Lipinski definition) is 4. The molecule has 1 saturated heterocycles. The number of amides is 1. The van der Waals surface area contributed by atoms with E-state index in [9.17, 15) is 4.79 Å². The monoisotopic (exact) mass is 292 g/mol. The summed E-state index contributed by atoms with van der Waals surface area (Å²) in [6.45, 7) is 4.32. The molecule has 0 aromatic heterocycles. The van der Waals surface area contributed by atoms with Gasteiger partial charge in [-0.1, -0.05) is 18.2 Å². The zero-order chi connectivity index (χ0) is 14.9. The van der Waals surface area contributed by atoms with Crippen molar-refractivity contribution < 1.29 is 14.3 Å². The van der Waals surface area contributed by atoms with Crippen LogP contribution in [0.2, 0.25) is 0 Å². The van der Waals surface area contributed by atoms with Crippen LogP contribution in [0.15, 0.2) is 24.3 Å². The molecule has 1 fully saturated rings. The van der Waals surface area contributed by atoms with E-state index in [4.69, 9.17) is 9.47 Å². The second kappa shape index (κ2) is 8.64. The summed E-state index contributed by atoms with van der Waals surface area (Å²) in [5, 5.41) is 3.32. The van der Waals surface area contributed by atoms with Crippen molar-refractivity contribution in [1.82, 2.24) is 10.2 Å². The highest BCUT2D eigenvalue weighted by Crippen LogP contribution is 2.17. The summed E-state index contributed by atoms with van der Waals surface area (Å²) in [6.07, 6.45) is 1.45. The Bertz CT molecular complexity index is 445. The molecule has 1 N–H and O–H groups in total. The summed E-state index contributed by atoms with van der Waals surface area (Å²) < 4.78 is 10.6. The van der Waals surface area contributed by atoms with Crippen LogP contribution in [0.25, 0.3) is 0 Å². The zero-order valence-electron chi connectivity index (χ0n) is 12.6. The van der Waals surface area contributed by atoms with Gasteiger partial charge >= 0.3 is 0 Å². The third kappa shape index (κ3) is 5.02. The van der Waals surface area contributed by atoms with E-state index >= 15 is 0 Å².